The maximum Gasteiger partial charge on any atom is 0.348 e. The number of amides is 1. The molecule has 0 saturated heterocycles. The zero-order valence-electron chi connectivity index (χ0n) is 12.8. The van der Waals surface area contributed by atoms with Gasteiger partial charge in [-0.3, -0.25) is 4.79 Å². The van der Waals surface area contributed by atoms with Crippen molar-refractivity contribution < 1.29 is 9.21 Å². The summed E-state index contributed by atoms with van der Waals surface area (Å²) in [5, 5.41) is 5.12. The van der Waals surface area contributed by atoms with Gasteiger partial charge >= 0.3 is 5.63 Å². The van der Waals surface area contributed by atoms with E-state index in [1.165, 1.54) is 28.7 Å². The maximum absolute atomic E-state index is 12.1. The molecule has 8 heteroatoms. The first-order chi connectivity index (χ1) is 11.4. The Kier molecular flexibility index (Phi) is 4.98. The molecular formula is C16H13BrN2O3S2. The van der Waals surface area contributed by atoms with Crippen molar-refractivity contribution in [3.63, 3.8) is 0 Å². The van der Waals surface area contributed by atoms with Gasteiger partial charge in [-0.1, -0.05) is 0 Å². The Balaban J connectivity index is 1.74. The Bertz CT molecular complexity index is 987. The lowest BCUT2D eigenvalue weighted by Gasteiger charge is -2.10. The fourth-order valence-corrected chi connectivity index (χ4v) is 4.35. The van der Waals surface area contributed by atoms with E-state index in [0.717, 1.165) is 14.2 Å². The normalized spacial score (nSPS) is 12.8. The molecule has 0 aliphatic rings. The van der Waals surface area contributed by atoms with Crippen LogP contribution >= 0.6 is 38.6 Å². The molecule has 3 aromatic heterocycles. The maximum atomic E-state index is 12.1. The van der Waals surface area contributed by atoms with Crippen molar-refractivity contribution in [3.05, 3.63) is 54.1 Å². The molecule has 3 aromatic rings. The third-order valence-electron chi connectivity index (χ3n) is 3.29. The lowest BCUT2D eigenvalue weighted by atomic mass is 10.2. The van der Waals surface area contributed by atoms with Crippen LogP contribution in [0.4, 0.5) is 0 Å². The van der Waals surface area contributed by atoms with Gasteiger partial charge in [-0.2, -0.15) is 0 Å². The third-order valence-corrected chi connectivity index (χ3v) is 5.87. The van der Waals surface area contributed by atoms with Crippen molar-refractivity contribution in [2.45, 2.75) is 19.9 Å². The number of carbonyl (C=O) groups is 1. The molecule has 1 N–H and O–H groups in total. The van der Waals surface area contributed by atoms with Crippen LogP contribution in [0.25, 0.3) is 16.3 Å². The largest absolute Gasteiger partial charge is 0.406 e. The van der Waals surface area contributed by atoms with E-state index in [-0.39, 0.29) is 11.8 Å². The van der Waals surface area contributed by atoms with Crippen LogP contribution in [0.2, 0.25) is 0 Å². The highest BCUT2D eigenvalue weighted by atomic mass is 79.9. The summed E-state index contributed by atoms with van der Waals surface area (Å²) in [6, 6.07) is 3.33. The van der Waals surface area contributed by atoms with Gasteiger partial charge in [-0.15, -0.1) is 22.7 Å². The van der Waals surface area contributed by atoms with Crippen molar-refractivity contribution in [2.75, 3.05) is 0 Å². The average molecular weight is 425 g/mol. The van der Waals surface area contributed by atoms with Crippen molar-refractivity contribution >= 4 is 60.8 Å². The van der Waals surface area contributed by atoms with Crippen LogP contribution in [0, 0.1) is 6.92 Å². The second-order valence-corrected chi connectivity index (χ2v) is 8.50. The molecule has 124 valence electrons. The predicted octanol–water partition coefficient (Wildman–Crippen LogP) is 4.27. The molecule has 1 atom stereocenters. The molecule has 1 unspecified atom stereocenters. The first-order valence-electron chi connectivity index (χ1n) is 7.07. The van der Waals surface area contributed by atoms with Crippen LogP contribution in [0.5, 0.6) is 0 Å². The van der Waals surface area contributed by atoms with Gasteiger partial charge in [-0.25, -0.2) is 9.78 Å². The number of fused-ring (bicyclic) bond motifs is 1. The molecule has 0 aliphatic carbocycles. The molecule has 0 radical (unpaired) electrons. The lowest BCUT2D eigenvalue weighted by Crippen LogP contribution is -2.26. The van der Waals surface area contributed by atoms with Crippen LogP contribution in [-0.4, -0.2) is 10.9 Å². The first kappa shape index (κ1) is 17.1. The number of nitrogens with one attached hydrogen (secondary N) is 1. The summed E-state index contributed by atoms with van der Waals surface area (Å²) in [5.41, 5.74) is 0.429. The Labute approximate surface area is 154 Å². The number of carbonyl (C=O) groups excluding carboxylic acids is 1. The van der Waals surface area contributed by atoms with Gasteiger partial charge in [0.2, 0.25) is 11.8 Å². The number of rotatable bonds is 4. The van der Waals surface area contributed by atoms with Gasteiger partial charge in [-0.05, 0) is 58.9 Å². The minimum Gasteiger partial charge on any atom is -0.406 e. The number of aryl methyl sites for hydroxylation is 1. The SMILES string of the molecule is Cc1csc2nc(C(C)NC(=O)/C=C/c3ccc(Br)s3)oc(=O)c12. The van der Waals surface area contributed by atoms with Crippen molar-refractivity contribution in [2.24, 2.45) is 0 Å². The molecule has 0 spiro atoms. The molecule has 0 fully saturated rings. The predicted molar refractivity (Wildman–Crippen MR) is 101 cm³/mol. The zero-order chi connectivity index (χ0) is 17.3. The highest BCUT2D eigenvalue weighted by Crippen LogP contribution is 2.23. The molecular weight excluding hydrogens is 412 g/mol. The van der Waals surface area contributed by atoms with E-state index in [4.69, 9.17) is 4.42 Å². The summed E-state index contributed by atoms with van der Waals surface area (Å²) in [4.78, 5) is 30.0. The number of hydrogen-bond acceptors (Lipinski definition) is 6. The molecule has 0 aromatic carbocycles. The quantitative estimate of drug-likeness (QED) is 0.634. The van der Waals surface area contributed by atoms with E-state index >= 15 is 0 Å². The van der Waals surface area contributed by atoms with E-state index in [2.05, 4.69) is 26.2 Å². The Hall–Kier alpha value is -1.77. The third kappa shape index (κ3) is 3.66. The van der Waals surface area contributed by atoms with E-state index in [9.17, 15) is 9.59 Å². The topological polar surface area (TPSA) is 72.2 Å². The molecule has 0 bridgehead atoms. The molecule has 3 rings (SSSR count). The summed E-state index contributed by atoms with van der Waals surface area (Å²) in [6.07, 6.45) is 3.17. The van der Waals surface area contributed by atoms with Crippen LogP contribution in [0.3, 0.4) is 0 Å². The summed E-state index contributed by atoms with van der Waals surface area (Å²) in [7, 11) is 0. The van der Waals surface area contributed by atoms with E-state index in [1.54, 1.807) is 13.0 Å². The number of halogens is 1. The van der Waals surface area contributed by atoms with E-state index < -0.39 is 11.7 Å². The summed E-state index contributed by atoms with van der Waals surface area (Å²) in [5.74, 6) is -0.0751. The smallest absolute Gasteiger partial charge is 0.348 e. The summed E-state index contributed by atoms with van der Waals surface area (Å²) < 4.78 is 6.26. The first-order valence-corrected chi connectivity index (χ1v) is 9.55. The molecule has 3 heterocycles. The molecule has 0 aliphatic heterocycles. The molecule has 1 amide bonds. The number of hydrogen-bond donors (Lipinski definition) is 1. The van der Waals surface area contributed by atoms with Crippen molar-refractivity contribution in [1.29, 1.82) is 0 Å². The summed E-state index contributed by atoms with van der Waals surface area (Å²) >= 11 is 6.29. The minimum atomic E-state index is -0.503. The highest BCUT2D eigenvalue weighted by Gasteiger charge is 2.16. The zero-order valence-corrected chi connectivity index (χ0v) is 16.0. The standard InChI is InChI=1S/C16H13BrN2O3S2/c1-8-7-23-15-13(8)16(21)22-14(19-15)9(2)18-12(20)6-4-10-3-5-11(17)24-10/h3-7,9H,1-2H3,(H,18,20)/b6-4+. The van der Waals surface area contributed by atoms with Crippen molar-refractivity contribution in [1.82, 2.24) is 10.3 Å². The van der Waals surface area contributed by atoms with Crippen LogP contribution in [0.1, 0.15) is 29.3 Å². The minimum absolute atomic E-state index is 0.204. The van der Waals surface area contributed by atoms with Crippen molar-refractivity contribution in [3.8, 4) is 0 Å². The summed E-state index contributed by atoms with van der Waals surface area (Å²) in [6.45, 7) is 3.57. The number of thiophene rings is 2. The molecule has 0 saturated carbocycles. The lowest BCUT2D eigenvalue weighted by molar-refractivity contribution is -0.117. The van der Waals surface area contributed by atoms with Gasteiger partial charge in [0.15, 0.2) is 0 Å². The average Bonchev–Trinajstić information content (AvgIpc) is 3.11. The Morgan fingerprint density at radius 2 is 2.25 bits per heavy atom. The molecule has 5 nitrogen and oxygen atoms in total. The van der Waals surface area contributed by atoms with E-state index in [1.807, 2.05) is 24.4 Å². The van der Waals surface area contributed by atoms with Gasteiger partial charge in [0, 0.05) is 11.0 Å². The Morgan fingerprint density at radius 1 is 1.46 bits per heavy atom. The number of aromatic nitrogens is 1. The monoisotopic (exact) mass is 424 g/mol. The van der Waals surface area contributed by atoms with Crippen LogP contribution < -0.4 is 10.9 Å². The van der Waals surface area contributed by atoms with E-state index in [0.29, 0.717) is 10.2 Å². The second-order valence-electron chi connectivity index (χ2n) is 5.14. The fraction of sp³-hybridized carbons (Fsp3) is 0.188. The van der Waals surface area contributed by atoms with Gasteiger partial charge < -0.3 is 9.73 Å². The van der Waals surface area contributed by atoms with Gasteiger partial charge in [0.1, 0.15) is 10.9 Å². The fourth-order valence-electron chi connectivity index (χ4n) is 2.11. The molecule has 24 heavy (non-hydrogen) atoms. The van der Waals surface area contributed by atoms with Crippen LogP contribution in [-0.2, 0) is 4.79 Å². The second kappa shape index (κ2) is 7.00. The highest BCUT2D eigenvalue weighted by molar-refractivity contribution is 9.11. The van der Waals surface area contributed by atoms with Gasteiger partial charge in [0.25, 0.3) is 0 Å². The number of nitrogens with zero attached hydrogens (tertiary/aromatic N) is 1. The van der Waals surface area contributed by atoms with Gasteiger partial charge in [0.05, 0.1) is 9.17 Å². The van der Waals surface area contributed by atoms with Crippen LogP contribution in [0.15, 0.2) is 36.6 Å². The Morgan fingerprint density at radius 3 is 2.96 bits per heavy atom.